The lowest BCUT2D eigenvalue weighted by atomic mass is 9.78. The van der Waals surface area contributed by atoms with Crippen molar-refractivity contribution in [3.8, 4) is 0 Å². The van der Waals surface area contributed by atoms with Gasteiger partial charge in [0, 0.05) is 43.2 Å². The lowest BCUT2D eigenvalue weighted by Crippen LogP contribution is -2.10. The zero-order valence-electron chi connectivity index (χ0n) is 32.0. The largest absolute Gasteiger partial charge is 0.456 e. The number of hydrogen-bond acceptors (Lipinski definition) is 3. The average Bonchev–Trinajstić information content (AvgIpc) is 3.85. The van der Waals surface area contributed by atoms with Crippen molar-refractivity contribution in [2.24, 2.45) is 0 Å². The van der Waals surface area contributed by atoms with Crippen LogP contribution in [0.5, 0.6) is 0 Å². The normalized spacial score (nSPS) is 15.4. The molecule has 9 aromatic rings. The van der Waals surface area contributed by atoms with Gasteiger partial charge in [-0.1, -0.05) is 127 Å². The molecule has 0 amide bonds. The number of anilines is 3. The van der Waals surface area contributed by atoms with Gasteiger partial charge in [-0.3, -0.25) is 0 Å². The van der Waals surface area contributed by atoms with Crippen molar-refractivity contribution in [2.75, 3.05) is 4.90 Å². The zero-order valence-corrected chi connectivity index (χ0v) is 32.8. The van der Waals surface area contributed by atoms with E-state index in [9.17, 15) is 0 Å². The first-order valence-corrected chi connectivity index (χ1v) is 21.3. The summed E-state index contributed by atoms with van der Waals surface area (Å²) in [4.78, 5) is 2.47. The minimum Gasteiger partial charge on any atom is -0.456 e. The van der Waals surface area contributed by atoms with Gasteiger partial charge < -0.3 is 9.32 Å². The Labute approximate surface area is 338 Å². The number of hydrogen-bond donors (Lipinski definition) is 0. The van der Waals surface area contributed by atoms with Gasteiger partial charge in [0.25, 0.3) is 0 Å². The third-order valence-electron chi connectivity index (χ3n) is 12.4. The maximum Gasteiger partial charge on any atom is 0.135 e. The van der Waals surface area contributed by atoms with E-state index in [0.29, 0.717) is 5.92 Å². The second-order valence-corrected chi connectivity index (χ2v) is 16.8. The van der Waals surface area contributed by atoms with Crippen LogP contribution in [-0.4, -0.2) is 0 Å². The van der Waals surface area contributed by atoms with E-state index < -0.39 is 0 Å². The molecule has 0 saturated heterocycles. The maximum absolute atomic E-state index is 6.49. The molecule has 2 nitrogen and oxygen atoms in total. The van der Waals surface area contributed by atoms with E-state index >= 15 is 0 Å². The van der Waals surface area contributed by atoms with E-state index in [1.165, 1.54) is 82.7 Å². The van der Waals surface area contributed by atoms with E-state index in [1.807, 2.05) is 11.3 Å². The van der Waals surface area contributed by atoms with Gasteiger partial charge in [0.1, 0.15) is 11.3 Å². The van der Waals surface area contributed by atoms with Crippen LogP contribution in [0.4, 0.5) is 17.1 Å². The molecule has 0 radical (unpaired) electrons. The van der Waals surface area contributed by atoms with Gasteiger partial charge in [-0.25, -0.2) is 0 Å². The second-order valence-electron chi connectivity index (χ2n) is 15.8. The van der Waals surface area contributed by atoms with Gasteiger partial charge in [0.15, 0.2) is 0 Å². The average molecular weight is 754 g/mol. The molecule has 2 aliphatic rings. The lowest BCUT2D eigenvalue weighted by Gasteiger charge is -2.28. The van der Waals surface area contributed by atoms with Gasteiger partial charge in [-0.05, 0) is 127 Å². The lowest BCUT2D eigenvalue weighted by molar-refractivity contribution is 0.517. The Balaban J connectivity index is 1.12. The molecule has 0 atom stereocenters. The number of fused-ring (bicyclic) bond motifs is 7. The predicted molar refractivity (Wildman–Crippen MR) is 243 cm³/mol. The van der Waals surface area contributed by atoms with Crippen LogP contribution >= 0.6 is 11.3 Å². The van der Waals surface area contributed by atoms with Crippen molar-refractivity contribution in [3.63, 3.8) is 0 Å². The molecule has 276 valence electrons. The Morgan fingerprint density at radius 1 is 0.649 bits per heavy atom. The number of benzene rings is 7. The molecule has 0 bridgehead atoms. The van der Waals surface area contributed by atoms with Gasteiger partial charge in [-0.15, -0.1) is 11.3 Å². The smallest absolute Gasteiger partial charge is 0.135 e. The van der Waals surface area contributed by atoms with Crippen LogP contribution < -0.4 is 4.90 Å². The third-order valence-corrected chi connectivity index (χ3v) is 13.6. The van der Waals surface area contributed by atoms with Gasteiger partial charge >= 0.3 is 0 Å². The topological polar surface area (TPSA) is 16.4 Å². The highest BCUT2D eigenvalue weighted by molar-refractivity contribution is 7.26. The first-order valence-electron chi connectivity index (χ1n) is 20.5. The summed E-state index contributed by atoms with van der Waals surface area (Å²) in [7, 11) is 0. The molecule has 1 saturated carbocycles. The van der Waals surface area contributed by atoms with E-state index in [-0.39, 0.29) is 0 Å². The Morgan fingerprint density at radius 3 is 2.14 bits per heavy atom. The van der Waals surface area contributed by atoms with Crippen molar-refractivity contribution >= 4 is 82.0 Å². The summed E-state index contributed by atoms with van der Waals surface area (Å²) in [6.07, 6.45) is 12.0. The highest BCUT2D eigenvalue weighted by atomic mass is 32.1. The fraction of sp³-hybridized carbons (Fsp3) is 0.148. The molecule has 2 heterocycles. The summed E-state index contributed by atoms with van der Waals surface area (Å²) >= 11 is 1.93. The minimum atomic E-state index is 0.601. The van der Waals surface area contributed by atoms with Crippen molar-refractivity contribution in [2.45, 2.75) is 50.9 Å². The van der Waals surface area contributed by atoms with Crippen LogP contribution in [0.1, 0.15) is 66.0 Å². The molecule has 0 spiro atoms. The van der Waals surface area contributed by atoms with Crippen LogP contribution in [0.25, 0.3) is 53.6 Å². The summed E-state index contributed by atoms with van der Waals surface area (Å²) in [5, 5.41) is 6.48. The molecule has 2 aliphatic carbocycles. The molecule has 0 aliphatic heterocycles. The number of thiophene rings is 1. The molecule has 11 rings (SSSR count). The molecule has 1 fully saturated rings. The van der Waals surface area contributed by atoms with Gasteiger partial charge in [-0.2, -0.15) is 0 Å². The summed E-state index contributed by atoms with van der Waals surface area (Å²) in [6.45, 7) is 0. The molecule has 7 aromatic carbocycles. The standard InChI is InChI=1S/C54H43NOS/c1-4-15-37(16-5-1)38-28-30-39(31-29-38)47(33-36-27-32-45-44-23-12-13-25-49(44)56-50(45)34-36)46-24-14-26-51-52(46)48-35-40-17-10-11-22-43(40)53(54(48)57-51)55(41-18-6-2-7-19-41)42-20-8-3-9-21-42/h1-11,13-22,24-27,32,34-35,38H,12,23,28-31,33H2. The van der Waals surface area contributed by atoms with Crippen LogP contribution in [0.2, 0.25) is 0 Å². The Bertz CT molecular complexity index is 2940. The molecule has 57 heavy (non-hydrogen) atoms. The summed E-state index contributed by atoms with van der Waals surface area (Å²) in [5.74, 6) is 1.63. The first kappa shape index (κ1) is 34.1. The highest BCUT2D eigenvalue weighted by Gasteiger charge is 2.26. The Morgan fingerprint density at radius 2 is 1.37 bits per heavy atom. The van der Waals surface area contributed by atoms with Crippen molar-refractivity contribution in [1.82, 2.24) is 0 Å². The summed E-state index contributed by atoms with van der Waals surface area (Å²) in [6, 6.07) is 58.4. The van der Waals surface area contributed by atoms with Crippen LogP contribution in [0.15, 0.2) is 174 Å². The van der Waals surface area contributed by atoms with Crippen LogP contribution in [0.3, 0.4) is 0 Å². The first-order chi connectivity index (χ1) is 28.3. The minimum absolute atomic E-state index is 0.601. The third kappa shape index (κ3) is 6.09. The van der Waals surface area contributed by atoms with Crippen LogP contribution in [-0.2, 0) is 12.8 Å². The van der Waals surface area contributed by atoms with E-state index in [2.05, 4.69) is 175 Å². The van der Waals surface area contributed by atoms with Crippen molar-refractivity contribution in [3.05, 3.63) is 197 Å². The fourth-order valence-electron chi connectivity index (χ4n) is 9.71. The number of aryl methyl sites for hydroxylation is 1. The zero-order chi connectivity index (χ0) is 37.7. The molecule has 0 unspecified atom stereocenters. The van der Waals surface area contributed by atoms with E-state index in [4.69, 9.17) is 4.42 Å². The number of allylic oxidation sites excluding steroid dienone is 3. The van der Waals surface area contributed by atoms with Gasteiger partial charge in [0.2, 0.25) is 0 Å². The highest BCUT2D eigenvalue weighted by Crippen LogP contribution is 2.51. The maximum atomic E-state index is 6.49. The number of rotatable bonds is 7. The monoisotopic (exact) mass is 753 g/mol. The molecular formula is C54H43NOS. The van der Waals surface area contributed by atoms with E-state index in [0.717, 1.165) is 54.8 Å². The number of nitrogens with zero attached hydrogens (tertiary/aromatic N) is 1. The van der Waals surface area contributed by atoms with Crippen LogP contribution in [0, 0.1) is 0 Å². The summed E-state index contributed by atoms with van der Waals surface area (Å²) in [5.41, 5.74) is 13.2. The van der Waals surface area contributed by atoms with E-state index in [1.54, 1.807) is 5.57 Å². The predicted octanol–water partition coefficient (Wildman–Crippen LogP) is 15.7. The second kappa shape index (κ2) is 14.4. The Kier molecular flexibility index (Phi) is 8.62. The summed E-state index contributed by atoms with van der Waals surface area (Å²) < 4.78 is 9.13. The van der Waals surface area contributed by atoms with Crippen molar-refractivity contribution in [1.29, 1.82) is 0 Å². The number of para-hydroxylation sites is 2. The molecule has 2 aromatic heterocycles. The molecule has 0 N–H and O–H groups in total. The van der Waals surface area contributed by atoms with Crippen molar-refractivity contribution < 1.29 is 4.42 Å². The number of furan rings is 1. The molecule has 3 heteroatoms. The SMILES string of the molecule is C1=Cc2oc3cc(CC(=C4CCC(c5ccccc5)CC4)c4cccc5sc6c(N(c7ccccc7)c7ccccc7)c7ccccc7cc6c45)ccc3c2CC1. The fourth-order valence-corrected chi connectivity index (χ4v) is 11.0. The molecular weight excluding hydrogens is 711 g/mol. The quantitative estimate of drug-likeness (QED) is 0.161. The Hall–Kier alpha value is -6.16. The van der Waals surface area contributed by atoms with Gasteiger partial charge in [0.05, 0.1) is 10.4 Å².